The van der Waals surface area contributed by atoms with E-state index in [0.717, 1.165) is 0 Å². The van der Waals surface area contributed by atoms with Crippen LogP contribution in [-0.2, 0) is 9.09 Å². The van der Waals surface area contributed by atoms with Crippen LogP contribution in [0.2, 0.25) is 0 Å². The lowest BCUT2D eigenvalue weighted by molar-refractivity contribution is 0.163. The van der Waals surface area contributed by atoms with Crippen molar-refractivity contribution >= 4 is 7.82 Å². The van der Waals surface area contributed by atoms with Gasteiger partial charge in [-0.2, -0.15) is 0 Å². The number of hydrogen-bond acceptors (Lipinski definition) is 2. The SMILES string of the molecule is C=CCC(C=C)OP(=O)(O)O. The van der Waals surface area contributed by atoms with Gasteiger partial charge in [-0.1, -0.05) is 12.2 Å². The molecule has 0 aromatic carbocycles. The Labute approximate surface area is 65.4 Å². The molecular formula is C6H11O4P. The van der Waals surface area contributed by atoms with Gasteiger partial charge in [0.05, 0.1) is 6.10 Å². The van der Waals surface area contributed by atoms with Crippen LogP contribution in [-0.4, -0.2) is 15.9 Å². The molecule has 0 fully saturated rings. The average molecular weight is 178 g/mol. The molecule has 5 heteroatoms. The Bertz CT molecular complexity index is 183. The van der Waals surface area contributed by atoms with E-state index < -0.39 is 13.9 Å². The van der Waals surface area contributed by atoms with Gasteiger partial charge >= 0.3 is 7.82 Å². The molecule has 0 saturated carbocycles. The zero-order valence-corrected chi connectivity index (χ0v) is 6.91. The van der Waals surface area contributed by atoms with E-state index in [4.69, 9.17) is 9.79 Å². The summed E-state index contributed by atoms with van der Waals surface area (Å²) < 4.78 is 14.6. The van der Waals surface area contributed by atoms with E-state index in [9.17, 15) is 4.57 Å². The lowest BCUT2D eigenvalue weighted by atomic mass is 10.2. The van der Waals surface area contributed by atoms with Crippen molar-refractivity contribution in [2.75, 3.05) is 0 Å². The van der Waals surface area contributed by atoms with Crippen LogP contribution in [0, 0.1) is 0 Å². The summed E-state index contributed by atoms with van der Waals surface area (Å²) >= 11 is 0. The van der Waals surface area contributed by atoms with Crippen molar-refractivity contribution in [3.63, 3.8) is 0 Å². The number of rotatable bonds is 5. The highest BCUT2D eigenvalue weighted by atomic mass is 31.2. The van der Waals surface area contributed by atoms with Gasteiger partial charge in [0.25, 0.3) is 0 Å². The molecule has 1 atom stereocenters. The van der Waals surface area contributed by atoms with E-state index in [0.29, 0.717) is 6.42 Å². The quantitative estimate of drug-likeness (QED) is 0.490. The fourth-order valence-electron chi connectivity index (χ4n) is 0.523. The molecule has 0 aromatic heterocycles. The van der Waals surface area contributed by atoms with Crippen molar-refractivity contribution in [3.05, 3.63) is 25.3 Å². The predicted molar refractivity (Wildman–Crippen MR) is 41.9 cm³/mol. The summed E-state index contributed by atoms with van der Waals surface area (Å²) in [5.41, 5.74) is 0. The molecule has 4 nitrogen and oxygen atoms in total. The highest BCUT2D eigenvalue weighted by Gasteiger charge is 2.18. The summed E-state index contributed by atoms with van der Waals surface area (Å²) in [7, 11) is -4.39. The van der Waals surface area contributed by atoms with Crippen molar-refractivity contribution in [2.45, 2.75) is 12.5 Å². The van der Waals surface area contributed by atoms with Gasteiger partial charge < -0.3 is 9.79 Å². The third kappa shape index (κ3) is 6.01. The maximum absolute atomic E-state index is 10.3. The zero-order chi connectivity index (χ0) is 8.91. The first-order chi connectivity index (χ1) is 4.99. The maximum atomic E-state index is 10.3. The minimum Gasteiger partial charge on any atom is -0.303 e. The lowest BCUT2D eigenvalue weighted by Gasteiger charge is -2.11. The second-order valence-electron chi connectivity index (χ2n) is 1.89. The van der Waals surface area contributed by atoms with E-state index >= 15 is 0 Å². The van der Waals surface area contributed by atoms with Gasteiger partial charge in [-0.3, -0.25) is 4.52 Å². The standard InChI is InChI=1S/C6H11O4P/c1-3-5-6(4-2)10-11(7,8)9/h3-4,6H,1-2,5H2,(H2,7,8,9). The van der Waals surface area contributed by atoms with Crippen LogP contribution in [0.15, 0.2) is 25.3 Å². The molecule has 0 aliphatic rings. The van der Waals surface area contributed by atoms with Crippen LogP contribution in [0.1, 0.15) is 6.42 Å². The Kier molecular flexibility index (Phi) is 4.30. The highest BCUT2D eigenvalue weighted by Crippen LogP contribution is 2.38. The van der Waals surface area contributed by atoms with Gasteiger partial charge in [0, 0.05) is 0 Å². The van der Waals surface area contributed by atoms with E-state index in [1.165, 1.54) is 12.2 Å². The van der Waals surface area contributed by atoms with Crippen LogP contribution in [0.5, 0.6) is 0 Å². The summed E-state index contributed by atoms with van der Waals surface area (Å²) in [4.78, 5) is 16.7. The molecule has 0 aliphatic carbocycles. The topological polar surface area (TPSA) is 66.8 Å². The first-order valence-electron chi connectivity index (χ1n) is 2.97. The maximum Gasteiger partial charge on any atom is 0.470 e. The Morgan fingerprint density at radius 3 is 2.36 bits per heavy atom. The number of hydrogen-bond donors (Lipinski definition) is 2. The molecule has 0 aliphatic heterocycles. The summed E-state index contributed by atoms with van der Waals surface area (Å²) in [6.07, 6.45) is 2.51. The van der Waals surface area contributed by atoms with Crippen LogP contribution in [0.4, 0.5) is 0 Å². The fourth-order valence-corrected chi connectivity index (χ4v) is 1.05. The van der Waals surface area contributed by atoms with Gasteiger partial charge in [-0.15, -0.1) is 13.2 Å². The van der Waals surface area contributed by atoms with E-state index in [1.807, 2.05) is 0 Å². The third-order valence-electron chi connectivity index (χ3n) is 0.935. The van der Waals surface area contributed by atoms with Crippen LogP contribution >= 0.6 is 7.82 Å². The monoisotopic (exact) mass is 178 g/mol. The van der Waals surface area contributed by atoms with E-state index in [1.54, 1.807) is 0 Å². The minimum atomic E-state index is -4.39. The normalized spacial score (nSPS) is 14.0. The molecule has 0 aromatic rings. The van der Waals surface area contributed by atoms with Crippen molar-refractivity contribution in [3.8, 4) is 0 Å². The largest absolute Gasteiger partial charge is 0.470 e. The van der Waals surface area contributed by atoms with E-state index in [-0.39, 0.29) is 0 Å². The predicted octanol–water partition coefficient (Wildman–Crippen LogP) is 1.23. The molecule has 0 saturated heterocycles. The Morgan fingerprint density at radius 1 is 1.55 bits per heavy atom. The first-order valence-corrected chi connectivity index (χ1v) is 4.50. The molecule has 0 radical (unpaired) electrons. The number of phosphoric ester groups is 1. The van der Waals surface area contributed by atoms with Crippen molar-refractivity contribution < 1.29 is 18.9 Å². The zero-order valence-electron chi connectivity index (χ0n) is 6.01. The van der Waals surface area contributed by atoms with Crippen LogP contribution in [0.3, 0.4) is 0 Å². The second kappa shape index (κ2) is 4.46. The molecule has 0 bridgehead atoms. The van der Waals surface area contributed by atoms with Gasteiger partial charge in [-0.25, -0.2) is 4.57 Å². The van der Waals surface area contributed by atoms with Crippen LogP contribution < -0.4 is 0 Å². The summed E-state index contributed by atoms with van der Waals surface area (Å²) in [6.45, 7) is 6.75. The van der Waals surface area contributed by atoms with Crippen LogP contribution in [0.25, 0.3) is 0 Å². The molecule has 0 heterocycles. The summed E-state index contributed by atoms with van der Waals surface area (Å²) in [5, 5.41) is 0. The smallest absolute Gasteiger partial charge is 0.303 e. The first kappa shape index (κ1) is 10.6. The summed E-state index contributed by atoms with van der Waals surface area (Å²) in [5.74, 6) is 0. The van der Waals surface area contributed by atoms with Crippen molar-refractivity contribution in [1.29, 1.82) is 0 Å². The van der Waals surface area contributed by atoms with Crippen molar-refractivity contribution in [2.24, 2.45) is 0 Å². The summed E-state index contributed by atoms with van der Waals surface area (Å²) in [6, 6.07) is 0. The fraction of sp³-hybridized carbons (Fsp3) is 0.333. The van der Waals surface area contributed by atoms with Gasteiger partial charge in [0.2, 0.25) is 0 Å². The lowest BCUT2D eigenvalue weighted by Crippen LogP contribution is -2.05. The molecule has 64 valence electrons. The molecule has 11 heavy (non-hydrogen) atoms. The van der Waals surface area contributed by atoms with Gasteiger partial charge in [-0.05, 0) is 6.42 Å². The van der Waals surface area contributed by atoms with Gasteiger partial charge in [0.15, 0.2) is 0 Å². The number of phosphoric acid groups is 1. The molecule has 1 unspecified atom stereocenters. The minimum absolute atomic E-state index is 0.342. The molecule has 2 N–H and O–H groups in total. The van der Waals surface area contributed by atoms with Crippen molar-refractivity contribution in [1.82, 2.24) is 0 Å². The second-order valence-corrected chi connectivity index (χ2v) is 3.09. The molecular weight excluding hydrogens is 167 g/mol. The van der Waals surface area contributed by atoms with E-state index in [2.05, 4.69) is 17.7 Å². The Morgan fingerprint density at radius 2 is 2.09 bits per heavy atom. The molecule has 0 rings (SSSR count). The Hall–Kier alpha value is -0.410. The molecule has 0 amide bonds. The van der Waals surface area contributed by atoms with Gasteiger partial charge in [0.1, 0.15) is 0 Å². The average Bonchev–Trinajstić information content (AvgIpc) is 1.84. The third-order valence-corrected chi connectivity index (χ3v) is 1.48. The Balaban J connectivity index is 3.97. The highest BCUT2D eigenvalue weighted by molar-refractivity contribution is 7.46. The molecule has 0 spiro atoms.